The molecule has 2 aromatic heterocycles. The first-order chi connectivity index (χ1) is 15.3. The third-order valence-electron chi connectivity index (χ3n) is 6.69. The van der Waals surface area contributed by atoms with Crippen LogP contribution in [0.5, 0.6) is 0 Å². The van der Waals surface area contributed by atoms with E-state index in [1.165, 1.54) is 12.1 Å². The Morgan fingerprint density at radius 1 is 1.09 bits per heavy atom. The van der Waals surface area contributed by atoms with E-state index in [2.05, 4.69) is 52.2 Å². The van der Waals surface area contributed by atoms with Gasteiger partial charge in [-0.3, -0.25) is 9.89 Å². The summed E-state index contributed by atoms with van der Waals surface area (Å²) in [6.07, 6.45) is 0.374. The summed E-state index contributed by atoms with van der Waals surface area (Å²) in [6, 6.07) is 6.52. The Balaban J connectivity index is 2.28. The molecule has 0 unspecified atom stereocenters. The lowest BCUT2D eigenvalue weighted by molar-refractivity contribution is -0.138. The van der Waals surface area contributed by atoms with Gasteiger partial charge in [0.15, 0.2) is 7.85 Å². The van der Waals surface area contributed by atoms with Crippen molar-refractivity contribution in [2.75, 3.05) is 0 Å². The molecule has 0 fully saturated rings. The number of carboxylic acid groups (broad SMARTS) is 1. The van der Waals surface area contributed by atoms with Crippen LogP contribution in [0.1, 0.15) is 25.1 Å². The van der Waals surface area contributed by atoms with Crippen LogP contribution in [-0.2, 0) is 16.5 Å². The highest BCUT2D eigenvalue weighted by atomic mass is 19.1. The molecule has 12 heteroatoms. The predicted octanol–water partition coefficient (Wildman–Crippen LogP) is -3.70. The van der Waals surface area contributed by atoms with Crippen LogP contribution in [0.2, 0.25) is 5.21 Å². The molecule has 162 valence electrons. The van der Waals surface area contributed by atoms with Gasteiger partial charge >= 0.3 is 0 Å². The van der Waals surface area contributed by atoms with Crippen LogP contribution in [0.3, 0.4) is 0 Å². The van der Waals surface area contributed by atoms with Crippen LogP contribution in [0.4, 0.5) is 4.39 Å². The number of fused-ring (bicyclic) bond motifs is 2. The monoisotopic (exact) mass is 437 g/mol. The highest BCUT2D eigenvalue weighted by molar-refractivity contribution is 6.57. The Morgan fingerprint density at radius 2 is 1.70 bits per heavy atom. The molecule has 0 atom stereocenters. The SMILES string of the molecule is Bc1n[nH]c2c(B)c3c(CC(B)(B)C(=O)O)c(C(B)(C)C)n(-c4ccc(F)cc4)c3c(B)c12. The average molecular weight is 436 g/mol. The first kappa shape index (κ1) is 23.4. The Bertz CT molecular complexity index is 1420. The molecule has 0 aliphatic heterocycles. The highest BCUT2D eigenvalue weighted by Crippen LogP contribution is 2.39. The van der Waals surface area contributed by atoms with Crippen molar-refractivity contribution in [1.29, 1.82) is 0 Å². The van der Waals surface area contributed by atoms with Crippen molar-refractivity contribution in [3.05, 3.63) is 41.3 Å². The number of rotatable bonds is 5. The molecule has 0 aliphatic carbocycles. The van der Waals surface area contributed by atoms with Crippen LogP contribution in [-0.4, -0.2) is 72.9 Å². The van der Waals surface area contributed by atoms with Gasteiger partial charge in [-0.15, -0.1) is 0 Å². The number of aromatic amines is 1. The number of halogens is 1. The van der Waals surface area contributed by atoms with E-state index in [0.717, 1.165) is 55.3 Å². The topological polar surface area (TPSA) is 70.9 Å². The van der Waals surface area contributed by atoms with Crippen molar-refractivity contribution in [2.24, 2.45) is 0 Å². The standard InChI is InChI=1S/C21H26B6FN3O2/c1-20(2,25)17-10(7-21(26,27)19(32)33)11-13(22)15-12(18(24)30-29-15)14(23)16(11)31(17)9-5-3-8(28)4-6-9/h3-6H,7,22-27H2,1-2H3,(H,29,30)(H,32,33). The molecule has 0 spiro atoms. The van der Waals surface area contributed by atoms with Gasteiger partial charge in [-0.2, -0.15) is 5.10 Å². The number of hydrogen-bond acceptors (Lipinski definition) is 2. The fourth-order valence-corrected chi connectivity index (χ4v) is 5.11. The summed E-state index contributed by atoms with van der Waals surface area (Å²) in [4.78, 5) is 12.1. The lowest BCUT2D eigenvalue weighted by Gasteiger charge is -2.27. The molecular formula is C21H26B6FN3O2. The molecule has 0 saturated heterocycles. The quantitative estimate of drug-likeness (QED) is 0.317. The van der Waals surface area contributed by atoms with Crippen LogP contribution >= 0.6 is 0 Å². The maximum Gasteiger partial charge on any atom is 0.293 e. The largest absolute Gasteiger partial charge is 0.482 e. The number of nitrogens with zero attached hydrogens (tertiary/aromatic N) is 2. The van der Waals surface area contributed by atoms with E-state index in [0.29, 0.717) is 6.42 Å². The number of hydrogen-bond donors (Lipinski definition) is 2. The molecule has 2 heterocycles. The summed E-state index contributed by atoms with van der Waals surface area (Å²) >= 11 is 0. The molecule has 0 aliphatic rings. The number of carbonyl (C=O) groups is 1. The third kappa shape index (κ3) is 3.64. The number of aliphatic carboxylic acids is 1. The van der Waals surface area contributed by atoms with Crippen LogP contribution < -0.4 is 16.5 Å². The molecule has 2 aromatic carbocycles. The Hall–Kier alpha value is -2.76. The van der Waals surface area contributed by atoms with Crippen LogP contribution in [0, 0.1) is 5.82 Å². The predicted molar refractivity (Wildman–Crippen MR) is 150 cm³/mol. The van der Waals surface area contributed by atoms with Gasteiger partial charge in [0.05, 0.1) is 5.52 Å². The van der Waals surface area contributed by atoms with Crippen molar-refractivity contribution < 1.29 is 14.3 Å². The summed E-state index contributed by atoms with van der Waals surface area (Å²) in [6.45, 7) is 4.28. The van der Waals surface area contributed by atoms with Gasteiger partial charge < -0.3 is 9.67 Å². The molecule has 5 nitrogen and oxygen atoms in total. The fraction of sp³-hybridized carbons (Fsp3) is 0.238. The van der Waals surface area contributed by atoms with E-state index < -0.39 is 11.2 Å². The van der Waals surface area contributed by atoms with Gasteiger partial charge in [0, 0.05) is 33.1 Å². The number of H-pyrrole nitrogens is 1. The van der Waals surface area contributed by atoms with Gasteiger partial charge in [0.2, 0.25) is 0 Å². The average Bonchev–Trinajstić information content (AvgIpc) is 3.25. The summed E-state index contributed by atoms with van der Waals surface area (Å²) in [5.74, 6) is -1.13. The van der Waals surface area contributed by atoms with Crippen LogP contribution in [0.15, 0.2) is 24.3 Å². The molecule has 0 amide bonds. The van der Waals surface area contributed by atoms with Crippen molar-refractivity contribution >= 4 is 91.4 Å². The minimum absolute atomic E-state index is 0.291. The van der Waals surface area contributed by atoms with Crippen molar-refractivity contribution in [1.82, 2.24) is 14.8 Å². The lowest BCUT2D eigenvalue weighted by atomic mass is 9.51. The summed E-state index contributed by atoms with van der Waals surface area (Å²) in [7, 11) is 11.8. The zero-order valence-electron chi connectivity index (χ0n) is 20.6. The third-order valence-corrected chi connectivity index (χ3v) is 6.69. The molecule has 0 saturated carbocycles. The second-order valence-corrected chi connectivity index (χ2v) is 10.8. The number of nitrogens with one attached hydrogen (secondary N) is 1. The first-order valence-corrected chi connectivity index (χ1v) is 11.3. The van der Waals surface area contributed by atoms with Gasteiger partial charge in [0.1, 0.15) is 45.0 Å². The molecule has 4 aromatic rings. The van der Waals surface area contributed by atoms with E-state index in [1.807, 2.05) is 7.85 Å². The second kappa shape index (κ2) is 7.64. The van der Waals surface area contributed by atoms with Crippen LogP contribution in [0.25, 0.3) is 27.5 Å². The smallest absolute Gasteiger partial charge is 0.293 e. The van der Waals surface area contributed by atoms with E-state index >= 15 is 0 Å². The van der Waals surface area contributed by atoms with E-state index in [4.69, 9.17) is 0 Å². The van der Waals surface area contributed by atoms with E-state index in [9.17, 15) is 14.3 Å². The van der Waals surface area contributed by atoms with Crippen molar-refractivity contribution in [3.63, 3.8) is 0 Å². The Morgan fingerprint density at radius 3 is 2.24 bits per heavy atom. The summed E-state index contributed by atoms with van der Waals surface area (Å²) < 4.78 is 16.0. The molecule has 4 rings (SSSR count). The number of carboxylic acids is 1. The minimum atomic E-state index is -0.957. The zero-order chi connectivity index (χ0) is 24.5. The Kier molecular flexibility index (Phi) is 5.42. The molecular weight excluding hydrogens is 410 g/mol. The summed E-state index contributed by atoms with van der Waals surface area (Å²) in [5.41, 5.74) is 7.96. The van der Waals surface area contributed by atoms with Gasteiger partial charge in [-0.05, 0) is 47.0 Å². The fourth-order valence-electron chi connectivity index (χ4n) is 5.11. The summed E-state index contributed by atoms with van der Waals surface area (Å²) in [5, 5.41) is 18.5. The molecule has 33 heavy (non-hydrogen) atoms. The minimum Gasteiger partial charge on any atom is -0.482 e. The highest BCUT2D eigenvalue weighted by Gasteiger charge is 2.35. The van der Waals surface area contributed by atoms with Gasteiger partial charge in [-0.1, -0.05) is 24.8 Å². The lowest BCUT2D eigenvalue weighted by Crippen LogP contribution is -2.30. The molecule has 2 N–H and O–H groups in total. The molecule has 0 radical (unpaired) electrons. The normalized spacial score (nSPS) is 12.6. The second-order valence-electron chi connectivity index (χ2n) is 10.8. The zero-order valence-corrected chi connectivity index (χ0v) is 20.6. The number of aromatic nitrogens is 3. The maximum atomic E-state index is 13.8. The number of benzene rings is 2. The van der Waals surface area contributed by atoms with Crippen molar-refractivity contribution in [2.45, 2.75) is 30.8 Å². The van der Waals surface area contributed by atoms with Gasteiger partial charge in [0.25, 0.3) is 5.97 Å². The van der Waals surface area contributed by atoms with E-state index in [-0.39, 0.29) is 11.1 Å². The van der Waals surface area contributed by atoms with E-state index in [1.54, 1.807) is 27.8 Å². The van der Waals surface area contributed by atoms with Gasteiger partial charge in [-0.25, -0.2) is 4.39 Å². The maximum absolute atomic E-state index is 13.8. The first-order valence-electron chi connectivity index (χ1n) is 11.3. The van der Waals surface area contributed by atoms with Crippen molar-refractivity contribution in [3.8, 4) is 5.69 Å². The molecule has 0 bridgehead atoms. The Labute approximate surface area is 198 Å².